The third-order valence-corrected chi connectivity index (χ3v) is 12.3. The van der Waals surface area contributed by atoms with E-state index in [0.717, 1.165) is 25.2 Å². The van der Waals surface area contributed by atoms with Crippen LogP contribution in [0.25, 0.3) is 0 Å². The summed E-state index contributed by atoms with van der Waals surface area (Å²) >= 11 is 0. The van der Waals surface area contributed by atoms with Gasteiger partial charge >= 0.3 is 0 Å². The number of methoxy groups -OCH3 is 1. The Balaban J connectivity index is 1.64. The predicted octanol–water partition coefficient (Wildman–Crippen LogP) is 8.56. The Morgan fingerprint density at radius 2 is 1.65 bits per heavy atom. The summed E-state index contributed by atoms with van der Waals surface area (Å²) in [6, 6.07) is 0. The van der Waals surface area contributed by atoms with Gasteiger partial charge < -0.3 is 4.74 Å². The third-order valence-electron chi connectivity index (χ3n) is 12.3. The van der Waals surface area contributed by atoms with Crippen molar-refractivity contribution >= 4 is 5.78 Å². The first-order valence-corrected chi connectivity index (χ1v) is 14.2. The van der Waals surface area contributed by atoms with Crippen molar-refractivity contribution < 1.29 is 9.53 Å². The number of ketones is 1. The summed E-state index contributed by atoms with van der Waals surface area (Å²) in [5.41, 5.74) is 5.54. The normalized spacial score (nSPS) is 41.1. The zero-order valence-corrected chi connectivity index (χ0v) is 23.8. The van der Waals surface area contributed by atoms with Crippen LogP contribution in [0.3, 0.4) is 0 Å². The third kappa shape index (κ3) is 3.55. The molecule has 0 aromatic carbocycles. The fraction of sp³-hybridized carbons (Fsp3) is 0.844. The van der Waals surface area contributed by atoms with Gasteiger partial charge in [0.15, 0.2) is 0 Å². The van der Waals surface area contributed by atoms with Crippen LogP contribution in [0.4, 0.5) is 0 Å². The Morgan fingerprint density at radius 3 is 2.26 bits per heavy atom. The van der Waals surface area contributed by atoms with Gasteiger partial charge in [0.25, 0.3) is 0 Å². The second-order valence-corrected chi connectivity index (χ2v) is 14.2. The average Bonchev–Trinajstić information content (AvgIpc) is 3.06. The molecule has 0 aromatic heterocycles. The number of carbonyl (C=O) groups is 1. The summed E-state index contributed by atoms with van der Waals surface area (Å²) in [4.78, 5) is 12.9. The average molecular weight is 469 g/mol. The van der Waals surface area contributed by atoms with Crippen LogP contribution in [-0.2, 0) is 9.53 Å². The van der Waals surface area contributed by atoms with Gasteiger partial charge in [0, 0.05) is 18.9 Å². The molecular weight excluding hydrogens is 416 g/mol. The van der Waals surface area contributed by atoms with E-state index in [9.17, 15) is 4.79 Å². The number of Topliss-reactive ketones (excluding diaryl/α,β-unsaturated/α-hetero) is 1. The van der Waals surface area contributed by atoms with Crippen molar-refractivity contribution in [3.8, 4) is 0 Å². The molecule has 0 aromatic rings. The molecular formula is C32H52O2. The maximum Gasteiger partial charge on any atom is 0.138 e. The second kappa shape index (κ2) is 8.60. The van der Waals surface area contributed by atoms with Crippen LogP contribution in [0.2, 0.25) is 0 Å². The Hall–Kier alpha value is -0.890. The van der Waals surface area contributed by atoms with Gasteiger partial charge in [0.1, 0.15) is 5.78 Å². The van der Waals surface area contributed by atoms with E-state index in [1.165, 1.54) is 44.1 Å². The molecule has 0 amide bonds. The van der Waals surface area contributed by atoms with Crippen molar-refractivity contribution in [1.82, 2.24) is 0 Å². The van der Waals surface area contributed by atoms with Crippen molar-refractivity contribution in [2.45, 2.75) is 119 Å². The molecule has 0 heterocycles. The first-order chi connectivity index (χ1) is 15.7. The summed E-state index contributed by atoms with van der Waals surface area (Å²) in [6.07, 6.45) is 10.7. The van der Waals surface area contributed by atoms with E-state index >= 15 is 0 Å². The van der Waals surface area contributed by atoms with Crippen LogP contribution >= 0.6 is 0 Å². The van der Waals surface area contributed by atoms with Crippen LogP contribution in [0.5, 0.6) is 0 Å². The lowest BCUT2D eigenvalue weighted by atomic mass is 9.43. The largest absolute Gasteiger partial charge is 0.377 e. The van der Waals surface area contributed by atoms with Crippen LogP contribution in [0.1, 0.15) is 113 Å². The van der Waals surface area contributed by atoms with Crippen molar-refractivity contribution in [3.05, 3.63) is 23.3 Å². The minimum Gasteiger partial charge on any atom is -0.377 e. The van der Waals surface area contributed by atoms with Crippen molar-refractivity contribution in [1.29, 1.82) is 0 Å². The quantitative estimate of drug-likeness (QED) is 0.365. The monoisotopic (exact) mass is 468 g/mol. The maximum atomic E-state index is 12.9. The Labute approximate surface area is 210 Å². The first kappa shape index (κ1) is 26.2. The topological polar surface area (TPSA) is 26.3 Å². The van der Waals surface area contributed by atoms with Crippen LogP contribution in [0.15, 0.2) is 23.3 Å². The van der Waals surface area contributed by atoms with Crippen molar-refractivity contribution in [2.75, 3.05) is 7.11 Å². The summed E-state index contributed by atoms with van der Waals surface area (Å²) in [7, 11) is 1.86. The van der Waals surface area contributed by atoms with E-state index in [4.69, 9.17) is 4.74 Å². The maximum absolute atomic E-state index is 12.9. The first-order valence-electron chi connectivity index (χ1n) is 14.2. The van der Waals surface area contributed by atoms with E-state index in [-0.39, 0.29) is 16.9 Å². The van der Waals surface area contributed by atoms with Gasteiger partial charge in [-0.05, 0) is 96.9 Å². The Bertz CT molecular complexity index is 877. The lowest BCUT2D eigenvalue weighted by Gasteiger charge is -2.61. The fourth-order valence-corrected chi connectivity index (χ4v) is 9.71. The van der Waals surface area contributed by atoms with E-state index in [1.807, 2.05) is 12.7 Å². The number of hydrogen-bond acceptors (Lipinski definition) is 2. The zero-order chi connectivity index (χ0) is 25.3. The minimum absolute atomic E-state index is 0.167. The molecule has 4 aliphatic carbocycles. The molecule has 0 aliphatic heterocycles. The molecule has 2 fully saturated rings. The summed E-state index contributed by atoms with van der Waals surface area (Å²) in [5, 5.41) is 0. The van der Waals surface area contributed by atoms with Gasteiger partial charge in [0.2, 0.25) is 0 Å². The fourth-order valence-electron chi connectivity index (χ4n) is 9.71. The number of ether oxygens (including phenoxy) is 1. The molecule has 4 rings (SSSR count). The SMILES string of the molecule is C=C(C(C)C)C(CC(C)C1CCC2(C)C3=C(CCC12C)C1(C)CCC(=O)C(C)(C)C1CC3)OC. The van der Waals surface area contributed by atoms with Gasteiger partial charge in [-0.1, -0.05) is 73.1 Å². The van der Waals surface area contributed by atoms with E-state index in [2.05, 4.69) is 62.0 Å². The van der Waals surface area contributed by atoms with Crippen molar-refractivity contribution in [2.24, 2.45) is 45.3 Å². The van der Waals surface area contributed by atoms with Gasteiger partial charge in [-0.2, -0.15) is 0 Å². The Morgan fingerprint density at radius 1 is 0.971 bits per heavy atom. The number of allylic oxidation sites excluding steroid dienone is 2. The standard InChI is InChI=1S/C32H52O2/c1-20(2)22(4)26(34-10)19-21(3)23-13-17-32(9)25-11-12-27-29(5,6)28(33)15-16-30(27,7)24(25)14-18-31(23,32)8/h20-21,23,26-27H,4,11-19H2,1-3,5-10H3. The summed E-state index contributed by atoms with van der Waals surface area (Å²) in [6.45, 7) is 23.6. The highest BCUT2D eigenvalue weighted by molar-refractivity contribution is 5.85. The molecule has 7 unspecified atom stereocenters. The highest BCUT2D eigenvalue weighted by atomic mass is 16.5. The van der Waals surface area contributed by atoms with Gasteiger partial charge in [-0.15, -0.1) is 0 Å². The number of fused-ring (bicyclic) bond motifs is 4. The lowest BCUT2D eigenvalue weighted by Crippen LogP contribution is -2.54. The summed E-state index contributed by atoms with van der Waals surface area (Å²) < 4.78 is 5.95. The van der Waals surface area contributed by atoms with Crippen LogP contribution in [-0.4, -0.2) is 19.0 Å². The smallest absolute Gasteiger partial charge is 0.138 e. The number of rotatable bonds is 6. The number of carbonyl (C=O) groups excluding carboxylic acids is 1. The molecule has 0 N–H and O–H groups in total. The zero-order valence-electron chi connectivity index (χ0n) is 23.8. The molecule has 4 aliphatic rings. The molecule has 0 bridgehead atoms. The van der Waals surface area contributed by atoms with Gasteiger partial charge in [-0.25, -0.2) is 0 Å². The van der Waals surface area contributed by atoms with Crippen LogP contribution < -0.4 is 0 Å². The molecule has 0 spiro atoms. The highest BCUT2D eigenvalue weighted by Crippen LogP contribution is 2.72. The second-order valence-electron chi connectivity index (χ2n) is 14.2. The van der Waals surface area contributed by atoms with Crippen LogP contribution in [0, 0.1) is 45.3 Å². The molecule has 2 heteroatoms. The molecule has 2 nitrogen and oxygen atoms in total. The summed E-state index contributed by atoms with van der Waals surface area (Å²) in [5.74, 6) is 2.84. The highest BCUT2D eigenvalue weighted by Gasteiger charge is 2.63. The van der Waals surface area contributed by atoms with Gasteiger partial charge in [-0.3, -0.25) is 4.79 Å². The molecule has 0 saturated heterocycles. The number of hydrogen-bond donors (Lipinski definition) is 0. The Kier molecular flexibility index (Phi) is 6.62. The molecule has 7 atom stereocenters. The molecule has 34 heavy (non-hydrogen) atoms. The predicted molar refractivity (Wildman–Crippen MR) is 143 cm³/mol. The molecule has 2 saturated carbocycles. The van der Waals surface area contributed by atoms with E-state index < -0.39 is 0 Å². The molecule has 0 radical (unpaired) electrons. The van der Waals surface area contributed by atoms with E-state index in [1.54, 1.807) is 5.57 Å². The minimum atomic E-state index is -0.173. The lowest BCUT2D eigenvalue weighted by molar-refractivity contribution is -0.139. The van der Waals surface area contributed by atoms with E-state index in [0.29, 0.717) is 34.4 Å². The van der Waals surface area contributed by atoms with Gasteiger partial charge in [0.05, 0.1) is 6.10 Å². The van der Waals surface area contributed by atoms with Crippen molar-refractivity contribution in [3.63, 3.8) is 0 Å². The molecule has 192 valence electrons.